The van der Waals surface area contributed by atoms with E-state index in [4.69, 9.17) is 5.26 Å². The maximum atomic E-state index is 8.90. The molecule has 0 atom stereocenters. The fraction of sp³-hybridized carbons (Fsp3) is 0.400. The minimum atomic E-state index is 0. The topological polar surface area (TPSA) is 28.7 Å². The molecule has 0 N–H and O–H groups in total. The second-order valence-electron chi connectivity index (χ2n) is 4.90. The van der Waals surface area contributed by atoms with Gasteiger partial charge in [-0.1, -0.05) is 19.3 Å². The fourth-order valence-corrected chi connectivity index (χ4v) is 2.91. The van der Waals surface area contributed by atoms with Gasteiger partial charge in [-0.3, -0.25) is 0 Å². The van der Waals surface area contributed by atoms with Crippen LogP contribution in [0, 0.1) is 11.3 Å². The first kappa shape index (κ1) is 15.9. The molecule has 0 saturated heterocycles. The lowest BCUT2D eigenvalue weighted by Crippen LogP contribution is -2.11. The molecule has 2 nitrogen and oxygen atoms in total. The first-order valence-corrected chi connectivity index (χ1v) is 6.39. The SMILES string of the molecule is Cl.Cl.N#Cc1ccc2c(ccn2C2CCCCC2)c1. The Bertz CT molecular complexity index is 577. The van der Waals surface area contributed by atoms with Crippen molar-refractivity contribution in [1.29, 1.82) is 5.26 Å². The third-order valence-electron chi connectivity index (χ3n) is 3.82. The molecule has 1 heterocycles. The summed E-state index contributed by atoms with van der Waals surface area (Å²) in [6.45, 7) is 0. The number of nitriles is 1. The highest BCUT2D eigenvalue weighted by Gasteiger charge is 2.16. The van der Waals surface area contributed by atoms with Gasteiger partial charge in [-0.05, 0) is 37.1 Å². The highest BCUT2D eigenvalue weighted by Crippen LogP contribution is 2.31. The molecule has 1 aliphatic carbocycles. The summed E-state index contributed by atoms with van der Waals surface area (Å²) in [5.41, 5.74) is 2.02. The Morgan fingerprint density at radius 2 is 1.79 bits per heavy atom. The zero-order chi connectivity index (χ0) is 11.7. The van der Waals surface area contributed by atoms with Crippen LogP contribution in [-0.2, 0) is 0 Å². The highest BCUT2D eigenvalue weighted by atomic mass is 35.5. The van der Waals surface area contributed by atoms with Gasteiger partial charge in [-0.25, -0.2) is 0 Å². The van der Waals surface area contributed by atoms with E-state index in [1.54, 1.807) is 0 Å². The van der Waals surface area contributed by atoms with Crippen molar-refractivity contribution >= 4 is 35.7 Å². The molecular weight excluding hydrogens is 279 g/mol. The molecule has 1 aliphatic rings. The highest BCUT2D eigenvalue weighted by molar-refractivity contribution is 5.85. The average molecular weight is 297 g/mol. The van der Waals surface area contributed by atoms with E-state index in [0.717, 1.165) is 5.56 Å². The van der Waals surface area contributed by atoms with Gasteiger partial charge in [0, 0.05) is 23.1 Å². The van der Waals surface area contributed by atoms with Crippen molar-refractivity contribution in [3.63, 3.8) is 0 Å². The molecule has 1 aromatic heterocycles. The fourth-order valence-electron chi connectivity index (χ4n) is 2.91. The Morgan fingerprint density at radius 1 is 1.05 bits per heavy atom. The zero-order valence-corrected chi connectivity index (χ0v) is 12.3. The van der Waals surface area contributed by atoms with Crippen molar-refractivity contribution < 1.29 is 0 Å². The van der Waals surface area contributed by atoms with Crippen molar-refractivity contribution in [3.05, 3.63) is 36.0 Å². The van der Waals surface area contributed by atoms with Crippen molar-refractivity contribution in [1.82, 2.24) is 4.57 Å². The molecule has 0 bridgehead atoms. The second-order valence-corrected chi connectivity index (χ2v) is 4.90. The van der Waals surface area contributed by atoms with Crippen LogP contribution in [0.5, 0.6) is 0 Å². The van der Waals surface area contributed by atoms with Crippen LogP contribution in [0.25, 0.3) is 10.9 Å². The van der Waals surface area contributed by atoms with E-state index in [9.17, 15) is 0 Å². The number of hydrogen-bond acceptors (Lipinski definition) is 1. The summed E-state index contributed by atoms with van der Waals surface area (Å²) in [5, 5.41) is 10.1. The van der Waals surface area contributed by atoms with Gasteiger partial charge in [-0.15, -0.1) is 24.8 Å². The molecule has 1 fully saturated rings. The summed E-state index contributed by atoms with van der Waals surface area (Å²) in [6, 6.07) is 11.0. The quantitative estimate of drug-likeness (QED) is 0.738. The van der Waals surface area contributed by atoms with E-state index in [0.29, 0.717) is 6.04 Å². The lowest BCUT2D eigenvalue weighted by atomic mass is 9.95. The monoisotopic (exact) mass is 296 g/mol. The summed E-state index contributed by atoms with van der Waals surface area (Å²) in [6.07, 6.45) is 8.85. The Morgan fingerprint density at radius 3 is 2.47 bits per heavy atom. The Kier molecular flexibility index (Phi) is 5.72. The van der Waals surface area contributed by atoms with Gasteiger partial charge in [0.15, 0.2) is 0 Å². The predicted octanol–water partition coefficient (Wildman–Crippen LogP) is 4.86. The standard InChI is InChI=1S/C15H16N2.2ClH/c16-11-12-6-7-15-13(10-12)8-9-17(15)14-4-2-1-3-5-14;;/h6-10,14H,1-5H2;2*1H. The largest absolute Gasteiger partial charge is 0.344 e. The van der Waals surface area contributed by atoms with Gasteiger partial charge in [0.1, 0.15) is 0 Å². The molecule has 4 heteroatoms. The summed E-state index contributed by atoms with van der Waals surface area (Å²) < 4.78 is 2.40. The maximum Gasteiger partial charge on any atom is 0.0991 e. The van der Waals surface area contributed by atoms with Gasteiger partial charge < -0.3 is 4.57 Å². The van der Waals surface area contributed by atoms with E-state index in [2.05, 4.69) is 29.0 Å². The molecule has 102 valence electrons. The Labute approximate surface area is 126 Å². The molecule has 0 spiro atoms. The van der Waals surface area contributed by atoms with Gasteiger partial charge >= 0.3 is 0 Å². The van der Waals surface area contributed by atoms with Crippen LogP contribution < -0.4 is 0 Å². The lowest BCUT2D eigenvalue weighted by Gasteiger charge is -2.24. The summed E-state index contributed by atoms with van der Waals surface area (Å²) in [7, 11) is 0. The molecule has 19 heavy (non-hydrogen) atoms. The van der Waals surface area contributed by atoms with E-state index in [1.165, 1.54) is 43.0 Å². The minimum absolute atomic E-state index is 0. The van der Waals surface area contributed by atoms with E-state index >= 15 is 0 Å². The van der Waals surface area contributed by atoms with Crippen molar-refractivity contribution in [3.8, 4) is 6.07 Å². The molecule has 1 saturated carbocycles. The van der Waals surface area contributed by atoms with Crippen molar-refractivity contribution in [2.45, 2.75) is 38.1 Å². The first-order valence-electron chi connectivity index (χ1n) is 6.39. The molecule has 2 aromatic rings. The number of fused-ring (bicyclic) bond motifs is 1. The van der Waals surface area contributed by atoms with E-state index < -0.39 is 0 Å². The first-order chi connectivity index (χ1) is 8.38. The maximum absolute atomic E-state index is 8.90. The molecule has 1 aromatic carbocycles. The van der Waals surface area contributed by atoms with Crippen LogP contribution in [0.3, 0.4) is 0 Å². The van der Waals surface area contributed by atoms with Gasteiger partial charge in [0.25, 0.3) is 0 Å². The van der Waals surface area contributed by atoms with Gasteiger partial charge in [0.2, 0.25) is 0 Å². The van der Waals surface area contributed by atoms with E-state index in [1.807, 2.05) is 12.1 Å². The second kappa shape index (κ2) is 6.84. The summed E-state index contributed by atoms with van der Waals surface area (Å²) in [5.74, 6) is 0. The molecule has 0 aliphatic heterocycles. The Hall–Kier alpha value is -1.17. The van der Waals surface area contributed by atoms with Crippen LogP contribution in [-0.4, -0.2) is 4.57 Å². The number of nitrogens with zero attached hydrogens (tertiary/aromatic N) is 2. The molecule has 0 unspecified atom stereocenters. The van der Waals surface area contributed by atoms with Gasteiger partial charge in [-0.2, -0.15) is 5.26 Å². The average Bonchev–Trinajstić information content (AvgIpc) is 2.82. The van der Waals surface area contributed by atoms with E-state index in [-0.39, 0.29) is 24.8 Å². The van der Waals surface area contributed by atoms with Crippen LogP contribution in [0.4, 0.5) is 0 Å². The smallest absolute Gasteiger partial charge is 0.0991 e. The van der Waals surface area contributed by atoms with Crippen molar-refractivity contribution in [2.24, 2.45) is 0 Å². The van der Waals surface area contributed by atoms with Crippen LogP contribution >= 0.6 is 24.8 Å². The van der Waals surface area contributed by atoms with Crippen LogP contribution in [0.1, 0.15) is 43.7 Å². The van der Waals surface area contributed by atoms with Crippen LogP contribution in [0.2, 0.25) is 0 Å². The number of aromatic nitrogens is 1. The summed E-state index contributed by atoms with van der Waals surface area (Å²) >= 11 is 0. The molecule has 0 amide bonds. The van der Waals surface area contributed by atoms with Gasteiger partial charge in [0.05, 0.1) is 11.6 Å². The Balaban J connectivity index is 0.000000902. The van der Waals surface area contributed by atoms with Crippen LogP contribution in [0.15, 0.2) is 30.5 Å². The predicted molar refractivity (Wildman–Crippen MR) is 83.3 cm³/mol. The number of rotatable bonds is 1. The van der Waals surface area contributed by atoms with Crippen molar-refractivity contribution in [2.75, 3.05) is 0 Å². The normalized spacial score (nSPS) is 15.3. The number of hydrogen-bond donors (Lipinski definition) is 0. The molecule has 3 rings (SSSR count). The third-order valence-corrected chi connectivity index (χ3v) is 3.82. The summed E-state index contributed by atoms with van der Waals surface area (Å²) in [4.78, 5) is 0. The number of benzene rings is 1. The number of halogens is 2. The third kappa shape index (κ3) is 3.05. The lowest BCUT2D eigenvalue weighted by molar-refractivity contribution is 0.361. The molecule has 0 radical (unpaired) electrons. The minimum Gasteiger partial charge on any atom is -0.344 e. The molecular formula is C15H18Cl2N2. The zero-order valence-electron chi connectivity index (χ0n) is 10.7.